The number of carbonyl (C=O) groups is 1. The molecular formula is C23H18BrN5O3. The highest BCUT2D eigenvalue weighted by Gasteiger charge is 2.20. The maximum atomic E-state index is 12.9. The lowest BCUT2D eigenvalue weighted by molar-refractivity contribution is -0.384. The highest BCUT2D eigenvalue weighted by atomic mass is 79.9. The van der Waals surface area contributed by atoms with Crippen LogP contribution in [0.5, 0.6) is 0 Å². The van der Waals surface area contributed by atoms with Crippen molar-refractivity contribution in [2.45, 2.75) is 13.8 Å². The lowest BCUT2D eigenvalue weighted by Crippen LogP contribution is -2.14. The first-order valence-electron chi connectivity index (χ1n) is 9.68. The van der Waals surface area contributed by atoms with E-state index in [2.05, 4.69) is 31.3 Å². The van der Waals surface area contributed by atoms with Crippen LogP contribution in [-0.2, 0) is 0 Å². The Labute approximate surface area is 192 Å². The average Bonchev–Trinajstić information content (AvgIpc) is 3.22. The van der Waals surface area contributed by atoms with Crippen LogP contribution in [0.15, 0.2) is 71.2 Å². The average molecular weight is 492 g/mol. The predicted octanol–water partition coefficient (Wildman–Crippen LogP) is 5.47. The highest BCUT2D eigenvalue weighted by Crippen LogP contribution is 2.25. The van der Waals surface area contributed by atoms with Gasteiger partial charge in [0.05, 0.1) is 10.6 Å². The second-order valence-electron chi connectivity index (χ2n) is 7.21. The molecule has 0 aliphatic carbocycles. The predicted molar refractivity (Wildman–Crippen MR) is 125 cm³/mol. The zero-order valence-corrected chi connectivity index (χ0v) is 18.8. The normalized spacial score (nSPS) is 10.7. The molecule has 160 valence electrons. The number of aryl methyl sites for hydroxylation is 2. The molecule has 0 unspecified atom stereocenters. The number of rotatable bonds is 5. The van der Waals surface area contributed by atoms with Gasteiger partial charge in [0.1, 0.15) is 0 Å². The molecule has 32 heavy (non-hydrogen) atoms. The maximum Gasteiger partial charge on any atom is 0.295 e. The summed E-state index contributed by atoms with van der Waals surface area (Å²) < 4.78 is 2.54. The number of nitro benzene ring substituents is 1. The molecule has 0 radical (unpaired) electrons. The smallest absolute Gasteiger partial charge is 0.295 e. The fourth-order valence-electron chi connectivity index (χ4n) is 3.12. The van der Waals surface area contributed by atoms with Crippen LogP contribution in [0, 0.1) is 24.0 Å². The number of aromatic nitrogens is 3. The number of non-ortho nitro benzene ring substituents is 1. The van der Waals surface area contributed by atoms with E-state index in [0.717, 1.165) is 26.9 Å². The first-order valence-corrected chi connectivity index (χ1v) is 10.5. The van der Waals surface area contributed by atoms with E-state index in [-0.39, 0.29) is 17.2 Å². The molecule has 0 atom stereocenters. The number of carbonyl (C=O) groups excluding carboxylic acids is 1. The third-order valence-electron chi connectivity index (χ3n) is 4.96. The largest absolute Gasteiger partial charge is 0.319 e. The number of nitrogens with one attached hydrogen (secondary N) is 1. The Morgan fingerprint density at radius 1 is 1.03 bits per heavy atom. The Bertz CT molecular complexity index is 1330. The molecule has 0 aliphatic rings. The summed E-state index contributed by atoms with van der Waals surface area (Å²) in [7, 11) is 0. The lowest BCUT2D eigenvalue weighted by atomic mass is 10.1. The van der Waals surface area contributed by atoms with Gasteiger partial charge in [0.15, 0.2) is 5.82 Å². The van der Waals surface area contributed by atoms with Crippen molar-refractivity contribution in [3.05, 3.63) is 98.3 Å². The number of nitro groups is 1. The van der Waals surface area contributed by atoms with Crippen molar-refractivity contribution in [1.82, 2.24) is 14.8 Å². The summed E-state index contributed by atoms with van der Waals surface area (Å²) in [6.45, 7) is 4.03. The van der Waals surface area contributed by atoms with Crippen molar-refractivity contribution in [3.8, 4) is 17.1 Å². The van der Waals surface area contributed by atoms with Gasteiger partial charge in [0.2, 0.25) is 5.82 Å². The van der Waals surface area contributed by atoms with Crippen molar-refractivity contribution < 1.29 is 9.72 Å². The van der Waals surface area contributed by atoms with Gasteiger partial charge in [-0.3, -0.25) is 14.9 Å². The SMILES string of the molecule is Cc1ccc(-n2nc(C(=O)Nc3cccc([N+](=O)[O-])c3)nc2-c2ccc(Br)cc2)cc1C. The molecule has 1 amide bonds. The minimum absolute atomic E-state index is 0.0485. The zero-order chi connectivity index (χ0) is 22.8. The quantitative estimate of drug-likeness (QED) is 0.294. The van der Waals surface area contributed by atoms with E-state index in [9.17, 15) is 14.9 Å². The van der Waals surface area contributed by atoms with Crippen molar-refractivity contribution >= 4 is 33.2 Å². The fraction of sp³-hybridized carbons (Fsp3) is 0.0870. The topological polar surface area (TPSA) is 103 Å². The number of nitrogens with zero attached hydrogens (tertiary/aromatic N) is 4. The molecule has 8 nitrogen and oxygen atoms in total. The monoisotopic (exact) mass is 491 g/mol. The van der Waals surface area contributed by atoms with E-state index in [1.54, 1.807) is 10.7 Å². The van der Waals surface area contributed by atoms with Crippen LogP contribution in [0.2, 0.25) is 0 Å². The molecule has 0 saturated carbocycles. The summed E-state index contributed by atoms with van der Waals surface area (Å²) in [4.78, 5) is 27.8. The van der Waals surface area contributed by atoms with Gasteiger partial charge < -0.3 is 5.32 Å². The molecule has 4 rings (SSSR count). The first-order chi connectivity index (χ1) is 15.3. The second-order valence-corrected chi connectivity index (χ2v) is 8.12. The Hall–Kier alpha value is -3.85. The van der Waals surface area contributed by atoms with E-state index in [4.69, 9.17) is 0 Å². The molecule has 0 bridgehead atoms. The van der Waals surface area contributed by atoms with Crippen LogP contribution in [0.3, 0.4) is 0 Å². The molecule has 9 heteroatoms. The summed E-state index contributed by atoms with van der Waals surface area (Å²) in [6.07, 6.45) is 0. The molecule has 0 fully saturated rings. The Morgan fingerprint density at radius 2 is 1.78 bits per heavy atom. The number of hydrogen-bond acceptors (Lipinski definition) is 5. The molecular weight excluding hydrogens is 474 g/mol. The van der Waals surface area contributed by atoms with E-state index >= 15 is 0 Å². The molecule has 1 heterocycles. The molecule has 0 saturated heterocycles. The van der Waals surface area contributed by atoms with Gasteiger partial charge >= 0.3 is 0 Å². The van der Waals surface area contributed by atoms with Gasteiger partial charge in [-0.15, -0.1) is 5.10 Å². The third-order valence-corrected chi connectivity index (χ3v) is 5.49. The zero-order valence-electron chi connectivity index (χ0n) is 17.2. The van der Waals surface area contributed by atoms with Crippen LogP contribution < -0.4 is 5.32 Å². The summed E-state index contributed by atoms with van der Waals surface area (Å²) in [5.74, 6) is -0.107. The standard InChI is InChI=1S/C23H18BrN5O3/c1-14-6-11-19(12-15(14)2)28-22(16-7-9-17(24)10-8-16)26-21(27-28)23(30)25-18-4-3-5-20(13-18)29(31)32/h3-13H,1-2H3,(H,25,30). The summed E-state index contributed by atoms with van der Waals surface area (Å²) >= 11 is 3.43. The Balaban J connectivity index is 1.75. The van der Waals surface area contributed by atoms with Crippen molar-refractivity contribution in [1.29, 1.82) is 0 Å². The highest BCUT2D eigenvalue weighted by molar-refractivity contribution is 9.10. The van der Waals surface area contributed by atoms with E-state index in [0.29, 0.717) is 5.82 Å². The van der Waals surface area contributed by atoms with Gasteiger partial charge in [0.25, 0.3) is 11.6 Å². The number of hydrogen-bond donors (Lipinski definition) is 1. The van der Waals surface area contributed by atoms with Crippen LogP contribution in [0.25, 0.3) is 17.1 Å². The van der Waals surface area contributed by atoms with Crippen LogP contribution in [0.1, 0.15) is 21.7 Å². The van der Waals surface area contributed by atoms with Crippen molar-refractivity contribution in [3.63, 3.8) is 0 Å². The molecule has 0 spiro atoms. The molecule has 1 N–H and O–H groups in total. The van der Waals surface area contributed by atoms with Crippen molar-refractivity contribution in [2.75, 3.05) is 5.32 Å². The lowest BCUT2D eigenvalue weighted by Gasteiger charge is -2.08. The van der Waals surface area contributed by atoms with E-state index in [1.807, 2.05) is 56.3 Å². The van der Waals surface area contributed by atoms with Gasteiger partial charge in [-0.05, 0) is 55.3 Å². The molecule has 3 aromatic carbocycles. The van der Waals surface area contributed by atoms with Crippen LogP contribution >= 0.6 is 15.9 Å². The number of halogens is 1. The van der Waals surface area contributed by atoms with Gasteiger partial charge in [0, 0.05) is 27.9 Å². The molecule has 0 aliphatic heterocycles. The second kappa shape index (κ2) is 8.72. The van der Waals surface area contributed by atoms with E-state index < -0.39 is 10.8 Å². The van der Waals surface area contributed by atoms with Crippen LogP contribution in [0.4, 0.5) is 11.4 Å². The number of amides is 1. The fourth-order valence-corrected chi connectivity index (χ4v) is 3.38. The Morgan fingerprint density at radius 3 is 2.47 bits per heavy atom. The minimum atomic E-state index is -0.563. The number of anilines is 1. The van der Waals surface area contributed by atoms with Crippen LogP contribution in [-0.4, -0.2) is 25.6 Å². The Kier molecular flexibility index (Phi) is 5.83. The number of benzene rings is 3. The van der Waals surface area contributed by atoms with Gasteiger partial charge in [-0.2, -0.15) is 0 Å². The van der Waals surface area contributed by atoms with Gasteiger partial charge in [-0.1, -0.05) is 40.2 Å². The molecule has 4 aromatic rings. The summed E-state index contributed by atoms with van der Waals surface area (Å²) in [5, 5.41) is 18.1. The summed E-state index contributed by atoms with van der Waals surface area (Å²) in [5.41, 5.74) is 3.95. The minimum Gasteiger partial charge on any atom is -0.319 e. The van der Waals surface area contributed by atoms with E-state index in [1.165, 1.54) is 18.2 Å². The van der Waals surface area contributed by atoms with Gasteiger partial charge in [-0.25, -0.2) is 9.67 Å². The third kappa shape index (κ3) is 4.42. The summed E-state index contributed by atoms with van der Waals surface area (Å²) in [6, 6.07) is 19.1. The van der Waals surface area contributed by atoms with Crippen molar-refractivity contribution in [2.24, 2.45) is 0 Å². The maximum absolute atomic E-state index is 12.9. The first kappa shape index (κ1) is 21.4. The molecule has 1 aromatic heterocycles.